The maximum Gasteiger partial charge on any atom is 0.321 e. The van der Waals surface area contributed by atoms with E-state index >= 15 is 0 Å². The second-order valence-electron chi connectivity index (χ2n) is 2.70. The van der Waals surface area contributed by atoms with Crippen LogP contribution in [0.5, 0.6) is 0 Å². The van der Waals surface area contributed by atoms with Crippen molar-refractivity contribution >= 4 is 11.9 Å². The summed E-state index contributed by atoms with van der Waals surface area (Å²) in [6, 6.07) is 10.7. The normalized spacial score (nSPS) is 10.7. The van der Waals surface area contributed by atoms with E-state index in [1.54, 1.807) is 0 Å². The molecule has 0 aliphatic rings. The Labute approximate surface area is 87.1 Å². The summed E-state index contributed by atoms with van der Waals surface area (Å²) in [6.07, 6.45) is -0.532. The summed E-state index contributed by atoms with van der Waals surface area (Å²) in [6.45, 7) is 0. The van der Waals surface area contributed by atoms with E-state index in [2.05, 4.69) is 0 Å². The first-order chi connectivity index (χ1) is 7.04. The van der Waals surface area contributed by atoms with Crippen LogP contribution in [0.4, 0.5) is 0 Å². The monoisotopic (exact) mass is 211 g/mol. The van der Waals surface area contributed by atoms with E-state index in [0.29, 0.717) is 0 Å². The van der Waals surface area contributed by atoms with Crippen molar-refractivity contribution in [3.05, 3.63) is 36.4 Å². The van der Waals surface area contributed by atoms with Gasteiger partial charge in [-0.15, -0.1) is 0 Å². The summed E-state index contributed by atoms with van der Waals surface area (Å²) in [5.74, 6) is -2.50. The maximum atomic E-state index is 9.85. The molecule has 1 aromatic rings. The van der Waals surface area contributed by atoms with E-state index in [4.69, 9.17) is 15.9 Å². The topological polar surface area (TPSA) is 101 Å². The van der Waals surface area contributed by atoms with Crippen molar-refractivity contribution in [3.8, 4) is 0 Å². The Hall–Kier alpha value is -1.88. The van der Waals surface area contributed by atoms with Gasteiger partial charge in [0, 0.05) is 0 Å². The minimum Gasteiger partial charge on any atom is -0.481 e. The van der Waals surface area contributed by atoms with E-state index in [9.17, 15) is 9.59 Å². The van der Waals surface area contributed by atoms with Gasteiger partial charge in [0.25, 0.3) is 0 Å². The summed E-state index contributed by atoms with van der Waals surface area (Å²) in [5, 5.41) is 16.0. The van der Waals surface area contributed by atoms with Crippen molar-refractivity contribution in [3.63, 3.8) is 0 Å². The Morgan fingerprint density at radius 1 is 1.00 bits per heavy atom. The Bertz CT molecular complexity index is 273. The molecule has 15 heavy (non-hydrogen) atoms. The Morgan fingerprint density at radius 2 is 1.33 bits per heavy atom. The fourth-order valence-electron chi connectivity index (χ4n) is 0.660. The average molecular weight is 211 g/mol. The van der Waals surface area contributed by atoms with Crippen molar-refractivity contribution < 1.29 is 19.8 Å². The van der Waals surface area contributed by atoms with Crippen molar-refractivity contribution in [2.75, 3.05) is 0 Å². The van der Waals surface area contributed by atoms with Crippen LogP contribution in [0.2, 0.25) is 0 Å². The van der Waals surface area contributed by atoms with Gasteiger partial charge in [-0.3, -0.25) is 9.59 Å². The predicted octanol–water partition coefficient (Wildman–Crippen LogP) is 0.560. The highest BCUT2D eigenvalue weighted by Gasteiger charge is 2.14. The van der Waals surface area contributed by atoms with E-state index in [1.807, 2.05) is 36.4 Å². The van der Waals surface area contributed by atoms with Crippen LogP contribution < -0.4 is 5.73 Å². The quantitative estimate of drug-likeness (QED) is 0.678. The predicted molar refractivity (Wildman–Crippen MR) is 54.3 cm³/mol. The van der Waals surface area contributed by atoms with Crippen LogP contribution in [0.15, 0.2) is 36.4 Å². The molecule has 0 saturated heterocycles. The fraction of sp³-hybridized carbons (Fsp3) is 0.200. The number of hydrogen-bond acceptors (Lipinski definition) is 3. The van der Waals surface area contributed by atoms with Gasteiger partial charge in [-0.2, -0.15) is 0 Å². The van der Waals surface area contributed by atoms with Gasteiger partial charge >= 0.3 is 11.9 Å². The number of carbonyl (C=O) groups is 2. The number of hydrogen-bond donors (Lipinski definition) is 3. The molecule has 0 radical (unpaired) electrons. The second kappa shape index (κ2) is 7.52. The number of nitrogens with two attached hydrogens (primary N) is 1. The molecular weight excluding hydrogens is 198 g/mol. The number of carboxylic acid groups (broad SMARTS) is 2. The second-order valence-corrected chi connectivity index (χ2v) is 2.70. The lowest BCUT2D eigenvalue weighted by Gasteiger charge is -1.99. The average Bonchev–Trinajstić information content (AvgIpc) is 2.20. The standard InChI is InChI=1S/C6H6.C4H7NO4/c1-2-4-6-5-3-1;5-2(4(8)9)1-3(6)7/h1-6H;2H,1,5H2,(H,6,7)(H,8,9)/t;2-/m.0/s1. The SMILES string of the molecule is N[C@@H](CC(=O)O)C(=O)O.c1ccccc1. The summed E-state index contributed by atoms with van der Waals surface area (Å²) in [7, 11) is 0. The molecule has 1 atom stereocenters. The first-order valence-electron chi connectivity index (χ1n) is 4.24. The first-order valence-corrected chi connectivity index (χ1v) is 4.24. The van der Waals surface area contributed by atoms with E-state index in [0.717, 1.165) is 0 Å². The lowest BCUT2D eigenvalue weighted by Crippen LogP contribution is -2.32. The zero-order valence-electron chi connectivity index (χ0n) is 8.04. The van der Waals surface area contributed by atoms with Crippen LogP contribution in [0.1, 0.15) is 6.42 Å². The molecule has 0 amide bonds. The van der Waals surface area contributed by atoms with Gasteiger partial charge in [-0.25, -0.2) is 0 Å². The summed E-state index contributed by atoms with van der Waals surface area (Å²) in [5.41, 5.74) is 4.84. The third kappa shape index (κ3) is 8.45. The lowest BCUT2D eigenvalue weighted by atomic mass is 10.2. The molecule has 0 aliphatic carbocycles. The smallest absolute Gasteiger partial charge is 0.321 e. The number of benzene rings is 1. The van der Waals surface area contributed by atoms with Crippen LogP contribution in [0.3, 0.4) is 0 Å². The molecule has 4 N–H and O–H groups in total. The molecule has 0 aromatic heterocycles. The molecule has 0 saturated carbocycles. The van der Waals surface area contributed by atoms with Crippen LogP contribution in [0.25, 0.3) is 0 Å². The van der Waals surface area contributed by atoms with E-state index < -0.39 is 24.4 Å². The zero-order chi connectivity index (χ0) is 11.7. The third-order valence-electron chi connectivity index (χ3n) is 1.38. The minimum atomic E-state index is -1.29. The van der Waals surface area contributed by atoms with Crippen LogP contribution in [-0.4, -0.2) is 28.2 Å². The highest BCUT2D eigenvalue weighted by molar-refractivity contribution is 5.80. The van der Waals surface area contributed by atoms with Gasteiger partial charge in [0.05, 0.1) is 6.42 Å². The molecule has 5 nitrogen and oxygen atoms in total. The van der Waals surface area contributed by atoms with Gasteiger partial charge in [-0.1, -0.05) is 36.4 Å². The Kier molecular flexibility index (Phi) is 6.57. The van der Waals surface area contributed by atoms with Crippen LogP contribution in [0, 0.1) is 0 Å². The lowest BCUT2D eigenvalue weighted by molar-refractivity contribution is -0.144. The van der Waals surface area contributed by atoms with Crippen molar-refractivity contribution in [1.82, 2.24) is 0 Å². The van der Waals surface area contributed by atoms with E-state index in [-0.39, 0.29) is 0 Å². The van der Waals surface area contributed by atoms with Crippen LogP contribution in [-0.2, 0) is 9.59 Å². The molecule has 82 valence electrons. The fourth-order valence-corrected chi connectivity index (χ4v) is 0.660. The molecule has 0 aliphatic heterocycles. The first kappa shape index (κ1) is 13.1. The Morgan fingerprint density at radius 3 is 1.47 bits per heavy atom. The van der Waals surface area contributed by atoms with Crippen molar-refractivity contribution in [2.24, 2.45) is 5.73 Å². The summed E-state index contributed by atoms with van der Waals surface area (Å²) >= 11 is 0. The molecule has 1 aromatic carbocycles. The van der Waals surface area contributed by atoms with Crippen molar-refractivity contribution in [2.45, 2.75) is 12.5 Å². The highest BCUT2D eigenvalue weighted by atomic mass is 16.4. The van der Waals surface area contributed by atoms with Crippen LogP contribution >= 0.6 is 0 Å². The molecule has 0 bridgehead atoms. The summed E-state index contributed by atoms with van der Waals surface area (Å²) < 4.78 is 0. The van der Waals surface area contributed by atoms with E-state index in [1.165, 1.54) is 0 Å². The van der Waals surface area contributed by atoms with Gasteiger partial charge in [0.1, 0.15) is 6.04 Å². The molecule has 5 heteroatoms. The van der Waals surface area contributed by atoms with Gasteiger partial charge < -0.3 is 15.9 Å². The highest BCUT2D eigenvalue weighted by Crippen LogP contribution is 1.86. The molecule has 0 fully saturated rings. The molecular formula is C10H13NO4. The third-order valence-corrected chi connectivity index (χ3v) is 1.38. The molecule has 1 rings (SSSR count). The molecule has 0 unspecified atom stereocenters. The number of carboxylic acids is 2. The van der Waals surface area contributed by atoms with Crippen molar-refractivity contribution in [1.29, 1.82) is 0 Å². The van der Waals surface area contributed by atoms with Gasteiger partial charge in [0.2, 0.25) is 0 Å². The minimum absolute atomic E-state index is 0.532. The van der Waals surface area contributed by atoms with Gasteiger partial charge in [0.15, 0.2) is 0 Å². The summed E-state index contributed by atoms with van der Waals surface area (Å²) in [4.78, 5) is 19.6. The Balaban J connectivity index is 0.000000280. The molecule has 0 heterocycles. The molecule has 0 spiro atoms. The zero-order valence-corrected chi connectivity index (χ0v) is 8.04. The van der Waals surface area contributed by atoms with Gasteiger partial charge in [-0.05, 0) is 0 Å². The number of rotatable bonds is 3. The maximum absolute atomic E-state index is 9.85. The number of aliphatic carboxylic acids is 2. The largest absolute Gasteiger partial charge is 0.481 e.